The maximum atomic E-state index is 12.1. The lowest BCUT2D eigenvalue weighted by Crippen LogP contribution is -2.36. The zero-order valence-electron chi connectivity index (χ0n) is 12.1. The second kappa shape index (κ2) is 6.22. The van der Waals surface area contributed by atoms with Gasteiger partial charge in [0.05, 0.1) is 30.5 Å². The number of aryl methyl sites for hydroxylation is 1. The highest BCUT2D eigenvalue weighted by atomic mass is 16.5. The number of aromatic nitrogens is 1. The number of hydrogen-bond acceptors (Lipinski definition) is 4. The van der Waals surface area contributed by atoms with Crippen molar-refractivity contribution in [2.24, 2.45) is 0 Å². The fraction of sp³-hybridized carbons (Fsp3) is 0.600. The largest absolute Gasteiger partial charge is 0.481 e. The summed E-state index contributed by atoms with van der Waals surface area (Å²) in [5.74, 6) is 0.357. The molecular weight excluding hydrogens is 256 g/mol. The first-order valence-electron chi connectivity index (χ1n) is 7.06. The zero-order chi connectivity index (χ0) is 14.6. The van der Waals surface area contributed by atoms with E-state index in [0.29, 0.717) is 30.1 Å². The quantitative estimate of drug-likeness (QED) is 0.887. The van der Waals surface area contributed by atoms with E-state index in [9.17, 15) is 9.90 Å². The first-order valence-corrected chi connectivity index (χ1v) is 7.06. The van der Waals surface area contributed by atoms with Crippen molar-refractivity contribution in [2.75, 3.05) is 12.4 Å². The standard InChI is InChI=1S/C15H22N2O3/c1-11-12(6-7-14(16-11)20-2)17-13(18)10-15(19)8-4-3-5-9-15/h6-7,19H,3-5,8-10H2,1-2H3,(H,17,18). The number of nitrogens with one attached hydrogen (secondary N) is 1. The van der Waals surface area contributed by atoms with E-state index in [1.54, 1.807) is 19.2 Å². The lowest BCUT2D eigenvalue weighted by atomic mass is 9.82. The Morgan fingerprint density at radius 1 is 1.40 bits per heavy atom. The van der Waals surface area contributed by atoms with Crippen molar-refractivity contribution in [3.05, 3.63) is 17.8 Å². The summed E-state index contributed by atoms with van der Waals surface area (Å²) in [6, 6.07) is 3.47. The number of amides is 1. The Bertz CT molecular complexity index is 482. The highest BCUT2D eigenvalue weighted by Gasteiger charge is 2.31. The van der Waals surface area contributed by atoms with Crippen molar-refractivity contribution in [2.45, 2.75) is 51.0 Å². The maximum absolute atomic E-state index is 12.1. The molecule has 0 radical (unpaired) electrons. The van der Waals surface area contributed by atoms with E-state index in [-0.39, 0.29) is 12.3 Å². The summed E-state index contributed by atoms with van der Waals surface area (Å²) in [5, 5.41) is 13.2. The number of nitrogens with zero attached hydrogens (tertiary/aromatic N) is 1. The smallest absolute Gasteiger partial charge is 0.227 e. The highest BCUT2D eigenvalue weighted by molar-refractivity contribution is 5.91. The number of methoxy groups -OCH3 is 1. The van der Waals surface area contributed by atoms with Gasteiger partial charge in [0, 0.05) is 6.07 Å². The molecule has 1 aromatic rings. The van der Waals surface area contributed by atoms with Crippen LogP contribution in [0.1, 0.15) is 44.2 Å². The van der Waals surface area contributed by atoms with Gasteiger partial charge in [-0.1, -0.05) is 19.3 Å². The second-order valence-electron chi connectivity index (χ2n) is 5.50. The molecule has 0 bridgehead atoms. The molecule has 1 saturated carbocycles. The van der Waals surface area contributed by atoms with Gasteiger partial charge in [0.1, 0.15) is 0 Å². The Morgan fingerprint density at radius 2 is 2.10 bits per heavy atom. The third kappa shape index (κ3) is 3.70. The summed E-state index contributed by atoms with van der Waals surface area (Å²) in [4.78, 5) is 16.3. The van der Waals surface area contributed by atoms with E-state index >= 15 is 0 Å². The molecule has 5 heteroatoms. The van der Waals surface area contributed by atoms with E-state index in [4.69, 9.17) is 4.74 Å². The van der Waals surface area contributed by atoms with Gasteiger partial charge in [-0.15, -0.1) is 0 Å². The van der Waals surface area contributed by atoms with Crippen LogP contribution in [0.25, 0.3) is 0 Å². The van der Waals surface area contributed by atoms with Crippen LogP contribution in [0.15, 0.2) is 12.1 Å². The fourth-order valence-corrected chi connectivity index (χ4v) is 2.66. The number of carbonyl (C=O) groups excluding carboxylic acids is 1. The fourth-order valence-electron chi connectivity index (χ4n) is 2.66. The van der Waals surface area contributed by atoms with Crippen molar-refractivity contribution < 1.29 is 14.6 Å². The Kier molecular flexibility index (Phi) is 4.60. The number of anilines is 1. The number of pyridine rings is 1. The van der Waals surface area contributed by atoms with Crippen LogP contribution in [0.3, 0.4) is 0 Å². The predicted molar refractivity (Wildman–Crippen MR) is 76.8 cm³/mol. The van der Waals surface area contributed by atoms with Gasteiger partial charge in [-0.25, -0.2) is 4.98 Å². The van der Waals surface area contributed by atoms with E-state index in [1.165, 1.54) is 0 Å². The molecule has 1 aliphatic rings. The monoisotopic (exact) mass is 278 g/mol. The van der Waals surface area contributed by atoms with Crippen LogP contribution in [0, 0.1) is 6.92 Å². The lowest BCUT2D eigenvalue weighted by molar-refractivity contribution is -0.122. The summed E-state index contributed by atoms with van der Waals surface area (Å²) in [5.41, 5.74) is 0.527. The molecule has 1 aliphatic carbocycles. The number of aliphatic hydroxyl groups is 1. The Labute approximate surface area is 119 Å². The van der Waals surface area contributed by atoms with Crippen molar-refractivity contribution in [3.8, 4) is 5.88 Å². The average molecular weight is 278 g/mol. The molecule has 0 aliphatic heterocycles. The second-order valence-corrected chi connectivity index (χ2v) is 5.50. The maximum Gasteiger partial charge on any atom is 0.227 e. The minimum atomic E-state index is -0.837. The van der Waals surface area contributed by atoms with Crippen LogP contribution in [0.4, 0.5) is 5.69 Å². The van der Waals surface area contributed by atoms with Gasteiger partial charge in [0.15, 0.2) is 0 Å². The Hall–Kier alpha value is -1.62. The molecular formula is C15H22N2O3. The molecule has 1 heterocycles. The van der Waals surface area contributed by atoms with Crippen LogP contribution >= 0.6 is 0 Å². The molecule has 20 heavy (non-hydrogen) atoms. The molecule has 1 aromatic heterocycles. The molecule has 2 N–H and O–H groups in total. The molecule has 2 rings (SSSR count). The van der Waals surface area contributed by atoms with Gasteiger partial charge in [0.2, 0.25) is 11.8 Å². The van der Waals surface area contributed by atoms with Gasteiger partial charge >= 0.3 is 0 Å². The third-order valence-electron chi connectivity index (χ3n) is 3.82. The Morgan fingerprint density at radius 3 is 2.70 bits per heavy atom. The summed E-state index contributed by atoms with van der Waals surface area (Å²) < 4.78 is 5.03. The number of rotatable bonds is 4. The summed E-state index contributed by atoms with van der Waals surface area (Å²) in [7, 11) is 1.55. The SMILES string of the molecule is COc1ccc(NC(=O)CC2(O)CCCCC2)c(C)n1. The molecule has 0 spiro atoms. The first kappa shape index (κ1) is 14.8. The normalized spacial score (nSPS) is 17.6. The van der Waals surface area contributed by atoms with Crippen LogP contribution in [-0.2, 0) is 4.79 Å². The summed E-state index contributed by atoms with van der Waals surface area (Å²) in [6.45, 7) is 1.81. The topological polar surface area (TPSA) is 71.5 Å². The van der Waals surface area contributed by atoms with Crippen molar-refractivity contribution >= 4 is 11.6 Å². The van der Waals surface area contributed by atoms with Crippen molar-refractivity contribution in [3.63, 3.8) is 0 Å². The summed E-state index contributed by atoms with van der Waals surface area (Å²) >= 11 is 0. The molecule has 0 saturated heterocycles. The molecule has 0 aromatic carbocycles. The van der Waals surface area contributed by atoms with E-state index in [1.807, 2.05) is 6.92 Å². The predicted octanol–water partition coefficient (Wildman–Crippen LogP) is 2.42. The van der Waals surface area contributed by atoms with Gasteiger partial charge < -0.3 is 15.2 Å². The number of ether oxygens (including phenoxy) is 1. The average Bonchev–Trinajstić information content (AvgIpc) is 2.41. The van der Waals surface area contributed by atoms with E-state index in [2.05, 4.69) is 10.3 Å². The van der Waals surface area contributed by atoms with Crippen LogP contribution in [0.2, 0.25) is 0 Å². The van der Waals surface area contributed by atoms with Gasteiger partial charge in [-0.3, -0.25) is 4.79 Å². The van der Waals surface area contributed by atoms with Crippen molar-refractivity contribution in [1.82, 2.24) is 4.98 Å². The molecule has 110 valence electrons. The lowest BCUT2D eigenvalue weighted by Gasteiger charge is -2.31. The minimum Gasteiger partial charge on any atom is -0.481 e. The molecule has 0 unspecified atom stereocenters. The number of hydrogen-bond donors (Lipinski definition) is 2. The van der Waals surface area contributed by atoms with E-state index < -0.39 is 5.60 Å². The molecule has 1 amide bonds. The van der Waals surface area contributed by atoms with Crippen LogP contribution in [0.5, 0.6) is 5.88 Å². The molecule has 1 fully saturated rings. The van der Waals surface area contributed by atoms with Gasteiger partial charge in [0.25, 0.3) is 0 Å². The van der Waals surface area contributed by atoms with Crippen LogP contribution < -0.4 is 10.1 Å². The minimum absolute atomic E-state index is 0.151. The van der Waals surface area contributed by atoms with Gasteiger partial charge in [-0.05, 0) is 25.8 Å². The zero-order valence-corrected chi connectivity index (χ0v) is 12.1. The Balaban J connectivity index is 1.97. The van der Waals surface area contributed by atoms with E-state index in [0.717, 1.165) is 19.3 Å². The summed E-state index contributed by atoms with van der Waals surface area (Å²) in [6.07, 6.45) is 4.70. The highest BCUT2D eigenvalue weighted by Crippen LogP contribution is 2.31. The first-order chi connectivity index (χ1) is 9.52. The molecule has 0 atom stereocenters. The van der Waals surface area contributed by atoms with Crippen LogP contribution in [-0.4, -0.2) is 28.7 Å². The third-order valence-corrected chi connectivity index (χ3v) is 3.82. The van der Waals surface area contributed by atoms with Gasteiger partial charge in [-0.2, -0.15) is 0 Å². The molecule has 5 nitrogen and oxygen atoms in total. The van der Waals surface area contributed by atoms with Crippen molar-refractivity contribution in [1.29, 1.82) is 0 Å². The number of carbonyl (C=O) groups is 1.